The molecule has 2 atom stereocenters. The fraction of sp³-hybridized carbons (Fsp3) is 0.308. The van der Waals surface area contributed by atoms with Gasteiger partial charge in [0.1, 0.15) is 6.61 Å². The van der Waals surface area contributed by atoms with Gasteiger partial charge in [-0.3, -0.25) is 0 Å². The Bertz CT molecular complexity index is 909. The van der Waals surface area contributed by atoms with E-state index in [0.29, 0.717) is 17.8 Å². The smallest absolute Gasteiger partial charge is 0.164 e. The lowest BCUT2D eigenvalue weighted by molar-refractivity contribution is 0.280. The van der Waals surface area contributed by atoms with Crippen molar-refractivity contribution < 1.29 is 9.47 Å². The number of hydrogen-bond donors (Lipinski definition) is 0. The Kier molecular flexibility index (Phi) is 7.65. The minimum absolute atomic E-state index is 0.454. The Hall–Kier alpha value is -2.04. The van der Waals surface area contributed by atoms with Crippen molar-refractivity contribution in [2.45, 2.75) is 24.2 Å². The molecule has 0 saturated carbocycles. The van der Waals surface area contributed by atoms with Crippen molar-refractivity contribution in [3.05, 3.63) is 95.6 Å². The van der Waals surface area contributed by atoms with Gasteiger partial charge in [-0.15, -0.1) is 0 Å². The van der Waals surface area contributed by atoms with E-state index in [-0.39, 0.29) is 0 Å². The maximum atomic E-state index is 6.33. The molecule has 0 spiro atoms. The van der Waals surface area contributed by atoms with Crippen LogP contribution < -0.4 is 9.47 Å². The van der Waals surface area contributed by atoms with Crippen LogP contribution in [0.4, 0.5) is 0 Å². The molecule has 1 heterocycles. The molecule has 1 aliphatic rings. The lowest BCUT2D eigenvalue weighted by Crippen LogP contribution is -2.24. The highest BCUT2D eigenvalue weighted by atomic mass is 32.2. The first-order chi connectivity index (χ1) is 14.8. The predicted octanol–water partition coefficient (Wildman–Crippen LogP) is 6.45. The third kappa shape index (κ3) is 5.35. The van der Waals surface area contributed by atoms with Crippen LogP contribution in [-0.2, 0) is 13.0 Å². The van der Waals surface area contributed by atoms with Crippen LogP contribution in [0.15, 0.2) is 78.9 Å². The topological polar surface area (TPSA) is 18.5 Å². The van der Waals surface area contributed by atoms with Gasteiger partial charge in [0.15, 0.2) is 11.5 Å². The molecule has 1 saturated heterocycles. The predicted molar refractivity (Wildman–Crippen MR) is 130 cm³/mol. The highest BCUT2D eigenvalue weighted by molar-refractivity contribution is 8.06. The third-order valence-corrected chi connectivity index (χ3v) is 8.38. The van der Waals surface area contributed by atoms with Gasteiger partial charge in [0.2, 0.25) is 0 Å². The molecule has 2 nitrogen and oxygen atoms in total. The molecule has 3 aromatic rings. The minimum Gasteiger partial charge on any atom is -0.493 e. The van der Waals surface area contributed by atoms with Crippen LogP contribution in [0.1, 0.15) is 22.6 Å². The van der Waals surface area contributed by atoms with Crippen LogP contribution in [0, 0.1) is 0 Å². The number of thioether (sulfide) groups is 2. The second kappa shape index (κ2) is 10.8. The van der Waals surface area contributed by atoms with Crippen molar-refractivity contribution in [1.29, 1.82) is 0 Å². The quantitative estimate of drug-likeness (QED) is 0.404. The monoisotopic (exact) mass is 436 g/mol. The van der Waals surface area contributed by atoms with Crippen LogP contribution in [0.3, 0.4) is 0 Å². The summed E-state index contributed by atoms with van der Waals surface area (Å²) in [6.45, 7) is 0.540. The van der Waals surface area contributed by atoms with E-state index >= 15 is 0 Å². The number of ether oxygens (including phenoxy) is 2. The first-order valence-corrected chi connectivity index (χ1v) is 12.6. The molecule has 0 aliphatic carbocycles. The summed E-state index contributed by atoms with van der Waals surface area (Å²) in [5.41, 5.74) is 3.79. The van der Waals surface area contributed by atoms with Gasteiger partial charge in [-0.1, -0.05) is 72.8 Å². The van der Waals surface area contributed by atoms with Gasteiger partial charge in [-0.2, -0.15) is 23.5 Å². The number of para-hydroxylation sites is 1. The van der Waals surface area contributed by atoms with Gasteiger partial charge in [0.25, 0.3) is 0 Å². The summed E-state index contributed by atoms with van der Waals surface area (Å²) < 4.78 is 12.0. The Balaban J connectivity index is 1.62. The first kappa shape index (κ1) is 21.2. The fourth-order valence-corrected chi connectivity index (χ4v) is 6.87. The van der Waals surface area contributed by atoms with E-state index in [2.05, 4.69) is 78.1 Å². The summed E-state index contributed by atoms with van der Waals surface area (Å²) in [5.74, 6) is 5.82. The minimum atomic E-state index is 0.454. The molecule has 0 bridgehead atoms. The standard InChI is InChI=1S/C26H28O2S2/c1-27-24-14-8-13-22(26(24)28-18-20-9-4-2-5-10-20)17-23(21-11-6-3-7-12-21)25-19-29-15-16-30-25/h2-14,23,25H,15-19H2,1H3. The molecule has 0 amide bonds. The number of methoxy groups -OCH3 is 1. The van der Waals surface area contributed by atoms with Gasteiger partial charge in [0, 0.05) is 28.4 Å². The maximum absolute atomic E-state index is 6.33. The molecule has 2 unspecified atom stereocenters. The van der Waals surface area contributed by atoms with E-state index in [1.807, 2.05) is 24.3 Å². The van der Waals surface area contributed by atoms with Gasteiger partial charge < -0.3 is 9.47 Å². The zero-order valence-electron chi connectivity index (χ0n) is 17.3. The Morgan fingerprint density at radius 3 is 2.37 bits per heavy atom. The Morgan fingerprint density at radius 1 is 0.900 bits per heavy atom. The molecule has 0 N–H and O–H groups in total. The second-order valence-electron chi connectivity index (χ2n) is 7.43. The third-order valence-electron chi connectivity index (χ3n) is 5.46. The molecule has 4 heteroatoms. The number of rotatable bonds is 8. The van der Waals surface area contributed by atoms with E-state index in [9.17, 15) is 0 Å². The Labute approximate surface area is 188 Å². The SMILES string of the molecule is COc1cccc(CC(c2ccccc2)C2CSCCS2)c1OCc1ccccc1. The lowest BCUT2D eigenvalue weighted by Gasteiger charge is -2.30. The number of hydrogen-bond acceptors (Lipinski definition) is 4. The maximum Gasteiger partial charge on any atom is 0.164 e. The zero-order valence-corrected chi connectivity index (χ0v) is 19.0. The number of benzene rings is 3. The summed E-state index contributed by atoms with van der Waals surface area (Å²) in [5, 5.41) is 0.610. The molecule has 4 rings (SSSR count). The average molecular weight is 437 g/mol. The molecule has 0 aromatic heterocycles. The van der Waals surface area contributed by atoms with Crippen LogP contribution in [0.25, 0.3) is 0 Å². The van der Waals surface area contributed by atoms with E-state index < -0.39 is 0 Å². The van der Waals surface area contributed by atoms with E-state index in [1.54, 1.807) is 7.11 Å². The molecule has 1 fully saturated rings. The van der Waals surface area contributed by atoms with Crippen LogP contribution in [0.5, 0.6) is 11.5 Å². The summed E-state index contributed by atoms with van der Waals surface area (Å²) in [4.78, 5) is 0. The highest BCUT2D eigenvalue weighted by Gasteiger charge is 2.27. The molecule has 3 aromatic carbocycles. The molecular weight excluding hydrogens is 408 g/mol. The summed E-state index contributed by atoms with van der Waals surface area (Å²) in [6.07, 6.45) is 0.948. The van der Waals surface area contributed by atoms with Crippen LogP contribution in [0.2, 0.25) is 0 Å². The summed E-state index contributed by atoms with van der Waals surface area (Å²) in [6, 6.07) is 27.5. The largest absolute Gasteiger partial charge is 0.493 e. The van der Waals surface area contributed by atoms with Crippen molar-refractivity contribution in [2.24, 2.45) is 0 Å². The van der Waals surface area contributed by atoms with Crippen molar-refractivity contribution in [3.8, 4) is 11.5 Å². The molecular formula is C26H28O2S2. The summed E-state index contributed by atoms with van der Waals surface area (Å²) in [7, 11) is 1.72. The highest BCUT2D eigenvalue weighted by Crippen LogP contribution is 2.40. The van der Waals surface area contributed by atoms with Crippen molar-refractivity contribution in [3.63, 3.8) is 0 Å². The van der Waals surface area contributed by atoms with Gasteiger partial charge in [0.05, 0.1) is 7.11 Å². The molecule has 0 radical (unpaired) electrons. The summed E-state index contributed by atoms with van der Waals surface area (Å²) >= 11 is 4.20. The van der Waals surface area contributed by atoms with Crippen LogP contribution >= 0.6 is 23.5 Å². The zero-order chi connectivity index (χ0) is 20.6. The molecule has 1 aliphatic heterocycles. The van der Waals surface area contributed by atoms with Crippen molar-refractivity contribution >= 4 is 23.5 Å². The van der Waals surface area contributed by atoms with Gasteiger partial charge >= 0.3 is 0 Å². The lowest BCUT2D eigenvalue weighted by atomic mass is 9.89. The fourth-order valence-electron chi connectivity index (χ4n) is 3.92. The normalized spacial score (nSPS) is 17.3. The van der Waals surface area contributed by atoms with Gasteiger partial charge in [-0.25, -0.2) is 0 Å². The van der Waals surface area contributed by atoms with Crippen molar-refractivity contribution in [2.75, 3.05) is 24.4 Å². The second-order valence-corrected chi connectivity index (χ2v) is 9.93. The Morgan fingerprint density at radius 2 is 1.67 bits per heavy atom. The first-order valence-electron chi connectivity index (χ1n) is 10.4. The molecule has 156 valence electrons. The molecule has 30 heavy (non-hydrogen) atoms. The van der Waals surface area contributed by atoms with E-state index in [0.717, 1.165) is 23.5 Å². The van der Waals surface area contributed by atoms with Gasteiger partial charge in [-0.05, 0) is 29.2 Å². The average Bonchev–Trinajstić information content (AvgIpc) is 2.83. The van der Waals surface area contributed by atoms with E-state index in [4.69, 9.17) is 9.47 Å². The van der Waals surface area contributed by atoms with Crippen LogP contribution in [-0.4, -0.2) is 29.6 Å². The van der Waals surface area contributed by atoms with E-state index in [1.165, 1.54) is 28.4 Å². The van der Waals surface area contributed by atoms with Crippen molar-refractivity contribution in [1.82, 2.24) is 0 Å².